The fraction of sp³-hybridized carbons (Fsp3) is 0.800. The second-order valence-electron chi connectivity index (χ2n) is 3.49. The van der Waals surface area contributed by atoms with Crippen LogP contribution in [0.5, 0.6) is 0 Å². The first-order valence-corrected chi connectivity index (χ1v) is 4.45. The van der Waals surface area contributed by atoms with Gasteiger partial charge in [0.1, 0.15) is 0 Å². The number of terminal acetylenes is 1. The zero-order valence-corrected chi connectivity index (χ0v) is 8.14. The lowest BCUT2D eigenvalue weighted by molar-refractivity contribution is -0.0173. The topological polar surface area (TPSA) is 60.7 Å². The van der Waals surface area contributed by atoms with Crippen LogP contribution in [0.25, 0.3) is 0 Å². The van der Waals surface area contributed by atoms with Gasteiger partial charge in [0.15, 0.2) is 0 Å². The van der Waals surface area contributed by atoms with Gasteiger partial charge in [0.25, 0.3) is 0 Å². The Kier molecular flexibility index (Phi) is 5.72. The molecule has 13 heavy (non-hydrogen) atoms. The molecule has 3 nitrogen and oxygen atoms in total. The molecular weight excluding hydrogens is 168 g/mol. The molecule has 0 saturated heterocycles. The van der Waals surface area contributed by atoms with Crippen molar-refractivity contribution in [3.8, 4) is 12.3 Å². The molecule has 3 heteroatoms. The Bertz CT molecular complexity index is 173. The summed E-state index contributed by atoms with van der Waals surface area (Å²) < 4.78 is 0. The van der Waals surface area contributed by atoms with E-state index in [1.54, 1.807) is 13.8 Å². The Morgan fingerprint density at radius 3 is 2.23 bits per heavy atom. The molecule has 0 saturated carbocycles. The summed E-state index contributed by atoms with van der Waals surface area (Å²) in [5, 5.41) is 27.8. The fourth-order valence-corrected chi connectivity index (χ4v) is 1.16. The highest BCUT2D eigenvalue weighted by molar-refractivity contribution is 4.90. The van der Waals surface area contributed by atoms with Crippen LogP contribution in [0, 0.1) is 24.2 Å². The molecule has 0 aliphatic carbocycles. The number of hydrogen-bond acceptors (Lipinski definition) is 3. The lowest BCUT2D eigenvalue weighted by Gasteiger charge is -2.26. The molecule has 0 aliphatic heterocycles. The average molecular weight is 186 g/mol. The maximum atomic E-state index is 9.59. The predicted octanol–water partition coefficient (Wildman–Crippen LogP) is -0.00400. The van der Waals surface area contributed by atoms with Crippen LogP contribution in [-0.4, -0.2) is 34.1 Å². The van der Waals surface area contributed by atoms with E-state index in [0.717, 1.165) is 0 Å². The Balaban J connectivity index is 4.09. The summed E-state index contributed by atoms with van der Waals surface area (Å²) in [6.07, 6.45) is 3.85. The molecule has 0 rings (SSSR count). The van der Waals surface area contributed by atoms with Gasteiger partial charge < -0.3 is 15.3 Å². The molecule has 0 unspecified atom stereocenters. The Hall–Kier alpha value is -0.560. The lowest BCUT2D eigenvalue weighted by atomic mass is 9.88. The van der Waals surface area contributed by atoms with Gasteiger partial charge in [-0.1, -0.05) is 13.8 Å². The summed E-state index contributed by atoms with van der Waals surface area (Å²) >= 11 is 0. The third-order valence-electron chi connectivity index (χ3n) is 2.34. The van der Waals surface area contributed by atoms with Crippen LogP contribution in [0.4, 0.5) is 0 Å². The molecule has 0 heterocycles. The van der Waals surface area contributed by atoms with Crippen molar-refractivity contribution in [2.24, 2.45) is 11.8 Å². The van der Waals surface area contributed by atoms with Crippen molar-refractivity contribution in [1.82, 2.24) is 0 Å². The van der Waals surface area contributed by atoms with Gasteiger partial charge in [0.05, 0.1) is 12.2 Å². The van der Waals surface area contributed by atoms with Gasteiger partial charge in [-0.25, -0.2) is 0 Å². The first-order chi connectivity index (χ1) is 6.04. The van der Waals surface area contributed by atoms with E-state index in [1.807, 2.05) is 0 Å². The monoisotopic (exact) mass is 186 g/mol. The summed E-state index contributed by atoms with van der Waals surface area (Å²) in [6.45, 7) is 3.36. The van der Waals surface area contributed by atoms with E-state index in [4.69, 9.17) is 11.5 Å². The van der Waals surface area contributed by atoms with Crippen molar-refractivity contribution in [3.63, 3.8) is 0 Å². The summed E-state index contributed by atoms with van der Waals surface area (Å²) in [7, 11) is 0. The van der Waals surface area contributed by atoms with Gasteiger partial charge in [-0.05, 0) is 0 Å². The SMILES string of the molecule is C#CC[C@H](O)[C@@H](C)[C@H](O)[C@H](C)CO. The minimum Gasteiger partial charge on any atom is -0.396 e. The standard InChI is InChI=1S/C10H18O3/c1-4-5-9(12)8(3)10(13)7(2)6-11/h1,7-13H,5-6H2,2-3H3/t7-,8-,9+,10-/m1/s1. The highest BCUT2D eigenvalue weighted by Crippen LogP contribution is 2.17. The van der Waals surface area contributed by atoms with Crippen molar-refractivity contribution >= 4 is 0 Å². The van der Waals surface area contributed by atoms with Crippen LogP contribution < -0.4 is 0 Å². The molecule has 0 radical (unpaired) electrons. The molecule has 0 amide bonds. The third kappa shape index (κ3) is 3.77. The number of aliphatic hydroxyl groups is 3. The van der Waals surface area contributed by atoms with Crippen molar-refractivity contribution in [2.75, 3.05) is 6.61 Å². The molecule has 0 aliphatic rings. The molecule has 4 atom stereocenters. The van der Waals surface area contributed by atoms with Crippen molar-refractivity contribution in [1.29, 1.82) is 0 Å². The second kappa shape index (κ2) is 5.98. The molecule has 0 spiro atoms. The third-order valence-corrected chi connectivity index (χ3v) is 2.34. The van der Waals surface area contributed by atoms with Crippen LogP contribution in [0.3, 0.4) is 0 Å². The Morgan fingerprint density at radius 1 is 1.31 bits per heavy atom. The highest BCUT2D eigenvalue weighted by atomic mass is 16.3. The predicted molar refractivity (Wildman–Crippen MR) is 50.9 cm³/mol. The van der Waals surface area contributed by atoms with Crippen molar-refractivity contribution < 1.29 is 15.3 Å². The van der Waals surface area contributed by atoms with Gasteiger partial charge in [-0.3, -0.25) is 0 Å². The van der Waals surface area contributed by atoms with E-state index < -0.39 is 12.2 Å². The minimum atomic E-state index is -0.714. The first kappa shape index (κ1) is 12.4. The number of rotatable bonds is 5. The van der Waals surface area contributed by atoms with E-state index in [9.17, 15) is 10.2 Å². The summed E-state index contributed by atoms with van der Waals surface area (Å²) in [4.78, 5) is 0. The maximum Gasteiger partial charge on any atom is 0.0699 e. The summed E-state index contributed by atoms with van der Waals surface area (Å²) in [6, 6.07) is 0. The zero-order chi connectivity index (χ0) is 10.4. The van der Waals surface area contributed by atoms with Crippen LogP contribution >= 0.6 is 0 Å². The van der Waals surface area contributed by atoms with E-state index >= 15 is 0 Å². The number of aliphatic hydroxyl groups excluding tert-OH is 3. The van der Waals surface area contributed by atoms with Gasteiger partial charge in [-0.15, -0.1) is 12.3 Å². The van der Waals surface area contributed by atoms with E-state index in [0.29, 0.717) is 0 Å². The van der Waals surface area contributed by atoms with Crippen LogP contribution in [0.1, 0.15) is 20.3 Å². The summed E-state index contributed by atoms with van der Waals surface area (Å²) in [5.41, 5.74) is 0. The largest absolute Gasteiger partial charge is 0.396 e. The van der Waals surface area contributed by atoms with Gasteiger partial charge >= 0.3 is 0 Å². The van der Waals surface area contributed by atoms with Crippen LogP contribution in [-0.2, 0) is 0 Å². The molecule has 0 bridgehead atoms. The highest BCUT2D eigenvalue weighted by Gasteiger charge is 2.25. The molecular formula is C10H18O3. The van der Waals surface area contributed by atoms with Crippen molar-refractivity contribution in [2.45, 2.75) is 32.5 Å². The zero-order valence-electron chi connectivity index (χ0n) is 8.14. The molecule has 0 aromatic rings. The normalized spacial score (nSPS) is 20.0. The second-order valence-corrected chi connectivity index (χ2v) is 3.49. The van der Waals surface area contributed by atoms with Crippen molar-refractivity contribution in [3.05, 3.63) is 0 Å². The smallest absolute Gasteiger partial charge is 0.0699 e. The lowest BCUT2D eigenvalue weighted by Crippen LogP contribution is -2.35. The quantitative estimate of drug-likeness (QED) is 0.529. The van der Waals surface area contributed by atoms with Crippen LogP contribution in [0.15, 0.2) is 0 Å². The number of hydrogen-bond donors (Lipinski definition) is 3. The molecule has 0 aromatic heterocycles. The van der Waals surface area contributed by atoms with Gasteiger partial charge in [-0.2, -0.15) is 0 Å². The first-order valence-electron chi connectivity index (χ1n) is 4.45. The van der Waals surface area contributed by atoms with Gasteiger partial charge in [0, 0.05) is 24.9 Å². The summed E-state index contributed by atoms with van der Waals surface area (Å²) in [5.74, 6) is 1.80. The van der Waals surface area contributed by atoms with Gasteiger partial charge in [0.2, 0.25) is 0 Å². The van der Waals surface area contributed by atoms with Crippen LogP contribution in [0.2, 0.25) is 0 Å². The average Bonchev–Trinajstić information content (AvgIpc) is 2.14. The Morgan fingerprint density at radius 2 is 1.85 bits per heavy atom. The molecule has 0 fully saturated rings. The Labute approximate surface area is 79.4 Å². The molecule has 0 aromatic carbocycles. The van der Waals surface area contributed by atoms with E-state index in [-0.39, 0.29) is 24.9 Å². The van der Waals surface area contributed by atoms with E-state index in [2.05, 4.69) is 5.92 Å². The minimum absolute atomic E-state index is 0.0890. The van der Waals surface area contributed by atoms with E-state index in [1.165, 1.54) is 0 Å². The molecule has 3 N–H and O–H groups in total. The maximum absolute atomic E-state index is 9.59. The fourth-order valence-electron chi connectivity index (χ4n) is 1.16. The molecule has 76 valence electrons.